The van der Waals surface area contributed by atoms with Crippen LogP contribution in [-0.2, 0) is 13.0 Å². The van der Waals surface area contributed by atoms with Crippen molar-refractivity contribution in [3.8, 4) is 0 Å². The van der Waals surface area contributed by atoms with E-state index in [2.05, 4.69) is 23.6 Å². The first-order valence-electron chi connectivity index (χ1n) is 7.07. The zero-order chi connectivity index (χ0) is 14.8. The fourth-order valence-corrected chi connectivity index (χ4v) is 3.00. The molecule has 0 saturated heterocycles. The van der Waals surface area contributed by atoms with E-state index in [1.807, 2.05) is 24.3 Å². The van der Waals surface area contributed by atoms with Crippen molar-refractivity contribution in [3.05, 3.63) is 63.9 Å². The second-order valence-electron chi connectivity index (χ2n) is 5.09. The fraction of sp³-hybridized carbons (Fsp3) is 0.235. The molecule has 0 saturated carbocycles. The number of halogens is 2. The third-order valence-corrected chi connectivity index (χ3v) is 4.14. The summed E-state index contributed by atoms with van der Waals surface area (Å²) in [5.74, 6) is 1.10. The van der Waals surface area contributed by atoms with E-state index in [4.69, 9.17) is 28.2 Å². The lowest BCUT2D eigenvalue weighted by Crippen LogP contribution is -2.05. The Labute approximate surface area is 134 Å². The largest absolute Gasteiger partial charge is 0.323 e. The summed E-state index contributed by atoms with van der Waals surface area (Å²) in [6.45, 7) is 2.88. The molecule has 3 aromatic rings. The van der Waals surface area contributed by atoms with Crippen molar-refractivity contribution in [2.75, 3.05) is 0 Å². The quantitative estimate of drug-likeness (QED) is 0.634. The maximum Gasteiger partial charge on any atom is 0.110 e. The van der Waals surface area contributed by atoms with Gasteiger partial charge in [0.05, 0.1) is 17.6 Å². The van der Waals surface area contributed by atoms with E-state index in [0.717, 1.165) is 35.3 Å². The highest BCUT2D eigenvalue weighted by atomic mass is 35.5. The summed E-state index contributed by atoms with van der Waals surface area (Å²) in [4.78, 5) is 4.74. The fourth-order valence-electron chi connectivity index (χ4n) is 2.54. The van der Waals surface area contributed by atoms with Gasteiger partial charge in [-0.15, -0.1) is 0 Å². The average Bonchev–Trinajstić information content (AvgIpc) is 2.80. The van der Waals surface area contributed by atoms with Crippen molar-refractivity contribution in [1.82, 2.24) is 9.55 Å². The molecule has 108 valence electrons. The summed E-state index contributed by atoms with van der Waals surface area (Å²) in [6, 6.07) is 13.9. The minimum Gasteiger partial charge on any atom is -0.323 e. The Hall–Kier alpha value is -1.51. The summed E-state index contributed by atoms with van der Waals surface area (Å²) in [7, 11) is 0. The molecule has 0 fully saturated rings. The monoisotopic (exact) mass is 318 g/mol. The van der Waals surface area contributed by atoms with E-state index in [1.54, 1.807) is 6.07 Å². The summed E-state index contributed by atoms with van der Waals surface area (Å²) < 4.78 is 2.24. The van der Waals surface area contributed by atoms with Crippen LogP contribution in [0.4, 0.5) is 0 Å². The smallest absolute Gasteiger partial charge is 0.110 e. The van der Waals surface area contributed by atoms with Gasteiger partial charge in [-0.25, -0.2) is 4.98 Å². The van der Waals surface area contributed by atoms with E-state index in [1.165, 1.54) is 0 Å². The Morgan fingerprint density at radius 2 is 1.90 bits per heavy atom. The normalized spacial score (nSPS) is 11.2. The molecule has 0 spiro atoms. The van der Waals surface area contributed by atoms with Crippen LogP contribution in [0.2, 0.25) is 10.0 Å². The molecular weight excluding hydrogens is 303 g/mol. The molecule has 0 aliphatic rings. The number of fused-ring (bicyclic) bond motifs is 1. The van der Waals surface area contributed by atoms with Crippen LogP contribution in [0.1, 0.15) is 24.7 Å². The van der Waals surface area contributed by atoms with E-state index >= 15 is 0 Å². The van der Waals surface area contributed by atoms with Gasteiger partial charge in [-0.2, -0.15) is 0 Å². The van der Waals surface area contributed by atoms with Crippen molar-refractivity contribution in [1.29, 1.82) is 0 Å². The number of imidazole rings is 1. The third-order valence-electron chi connectivity index (χ3n) is 3.55. The molecule has 0 amide bonds. The Kier molecular flexibility index (Phi) is 4.18. The third kappa shape index (κ3) is 2.92. The molecule has 0 atom stereocenters. The van der Waals surface area contributed by atoms with Gasteiger partial charge < -0.3 is 4.57 Å². The molecule has 21 heavy (non-hydrogen) atoms. The first kappa shape index (κ1) is 14.4. The summed E-state index contributed by atoms with van der Waals surface area (Å²) in [5.41, 5.74) is 3.24. The standard InChI is InChI=1S/C17H16Cl2N2/c1-2-5-17-20-15-6-3-4-7-16(15)21(17)11-12-8-9-13(18)10-14(12)19/h3-4,6-10H,2,5,11H2,1H3. The van der Waals surface area contributed by atoms with Gasteiger partial charge in [0.2, 0.25) is 0 Å². The Morgan fingerprint density at radius 1 is 1.10 bits per heavy atom. The van der Waals surface area contributed by atoms with Crippen LogP contribution in [0.5, 0.6) is 0 Å². The predicted molar refractivity (Wildman–Crippen MR) is 89.3 cm³/mol. The molecule has 3 rings (SSSR count). The first-order valence-corrected chi connectivity index (χ1v) is 7.82. The number of hydrogen-bond acceptors (Lipinski definition) is 1. The molecule has 0 bridgehead atoms. The number of rotatable bonds is 4. The van der Waals surface area contributed by atoms with Gasteiger partial charge in [0.15, 0.2) is 0 Å². The highest BCUT2D eigenvalue weighted by Gasteiger charge is 2.11. The van der Waals surface area contributed by atoms with Crippen LogP contribution < -0.4 is 0 Å². The molecule has 1 heterocycles. The lowest BCUT2D eigenvalue weighted by molar-refractivity contribution is 0.722. The van der Waals surface area contributed by atoms with Crippen molar-refractivity contribution in [2.45, 2.75) is 26.3 Å². The topological polar surface area (TPSA) is 17.8 Å². The Morgan fingerprint density at radius 3 is 2.67 bits per heavy atom. The average molecular weight is 319 g/mol. The number of hydrogen-bond donors (Lipinski definition) is 0. The summed E-state index contributed by atoms with van der Waals surface area (Å²) >= 11 is 12.3. The number of aryl methyl sites for hydroxylation is 1. The van der Waals surface area contributed by atoms with Gasteiger partial charge in [-0.05, 0) is 36.2 Å². The van der Waals surface area contributed by atoms with Crippen LogP contribution in [-0.4, -0.2) is 9.55 Å². The van der Waals surface area contributed by atoms with Crippen LogP contribution in [0, 0.1) is 0 Å². The van der Waals surface area contributed by atoms with Gasteiger partial charge in [0, 0.05) is 16.5 Å². The maximum atomic E-state index is 6.31. The number of para-hydroxylation sites is 2. The van der Waals surface area contributed by atoms with E-state index in [9.17, 15) is 0 Å². The van der Waals surface area contributed by atoms with Crippen LogP contribution >= 0.6 is 23.2 Å². The number of nitrogens with zero attached hydrogens (tertiary/aromatic N) is 2. The first-order chi connectivity index (χ1) is 10.2. The van der Waals surface area contributed by atoms with Gasteiger partial charge >= 0.3 is 0 Å². The summed E-state index contributed by atoms with van der Waals surface area (Å²) in [6.07, 6.45) is 2.03. The van der Waals surface area contributed by atoms with Crippen molar-refractivity contribution in [3.63, 3.8) is 0 Å². The van der Waals surface area contributed by atoms with Crippen molar-refractivity contribution < 1.29 is 0 Å². The van der Waals surface area contributed by atoms with E-state index in [0.29, 0.717) is 16.6 Å². The Balaban J connectivity index is 2.07. The number of benzene rings is 2. The molecule has 0 radical (unpaired) electrons. The minimum atomic E-state index is 0.660. The zero-order valence-electron chi connectivity index (χ0n) is 11.8. The SMILES string of the molecule is CCCc1nc2ccccc2n1Cc1ccc(Cl)cc1Cl. The van der Waals surface area contributed by atoms with E-state index < -0.39 is 0 Å². The second-order valence-corrected chi connectivity index (χ2v) is 5.93. The van der Waals surface area contributed by atoms with Gasteiger partial charge in [0.1, 0.15) is 5.82 Å². The van der Waals surface area contributed by atoms with Gasteiger partial charge in [0.25, 0.3) is 0 Å². The molecule has 2 aromatic carbocycles. The van der Waals surface area contributed by atoms with Crippen molar-refractivity contribution in [2.24, 2.45) is 0 Å². The van der Waals surface area contributed by atoms with Crippen LogP contribution in [0.25, 0.3) is 11.0 Å². The molecule has 0 aliphatic carbocycles. The van der Waals surface area contributed by atoms with Crippen LogP contribution in [0.15, 0.2) is 42.5 Å². The van der Waals surface area contributed by atoms with Gasteiger partial charge in [-0.3, -0.25) is 0 Å². The van der Waals surface area contributed by atoms with Gasteiger partial charge in [-0.1, -0.05) is 48.3 Å². The lowest BCUT2D eigenvalue weighted by atomic mass is 10.2. The Bertz CT molecular complexity index is 778. The molecule has 0 N–H and O–H groups in total. The zero-order valence-corrected chi connectivity index (χ0v) is 13.3. The van der Waals surface area contributed by atoms with Crippen molar-refractivity contribution >= 4 is 34.2 Å². The molecule has 4 heteroatoms. The molecule has 0 aliphatic heterocycles. The molecular formula is C17H16Cl2N2. The molecule has 0 unspecified atom stereocenters. The predicted octanol–water partition coefficient (Wildman–Crippen LogP) is 5.34. The van der Waals surface area contributed by atoms with E-state index in [-0.39, 0.29) is 0 Å². The summed E-state index contributed by atoms with van der Waals surface area (Å²) in [5, 5.41) is 1.36. The maximum absolute atomic E-state index is 6.31. The molecule has 1 aromatic heterocycles. The lowest BCUT2D eigenvalue weighted by Gasteiger charge is -2.10. The minimum absolute atomic E-state index is 0.660. The number of aromatic nitrogens is 2. The molecule has 2 nitrogen and oxygen atoms in total. The van der Waals surface area contributed by atoms with Crippen LogP contribution in [0.3, 0.4) is 0 Å². The highest BCUT2D eigenvalue weighted by molar-refractivity contribution is 6.35. The second kappa shape index (κ2) is 6.08. The highest BCUT2D eigenvalue weighted by Crippen LogP contribution is 2.25.